The molecular weight excluding hydrogens is 322 g/mol. The maximum absolute atomic E-state index is 5.61. The van der Waals surface area contributed by atoms with E-state index >= 15 is 0 Å². The molecule has 0 radical (unpaired) electrons. The van der Waals surface area contributed by atoms with Crippen molar-refractivity contribution in [1.82, 2.24) is 15.5 Å². The molecule has 1 aromatic heterocycles. The van der Waals surface area contributed by atoms with Crippen LogP contribution in [0, 0.1) is 0 Å². The predicted octanol–water partition coefficient (Wildman–Crippen LogP) is 2.09. The van der Waals surface area contributed by atoms with Crippen LogP contribution < -0.4 is 19.5 Å². The molecule has 2 heterocycles. The lowest BCUT2D eigenvalue weighted by Gasteiger charge is -2.20. The molecule has 7 nitrogen and oxygen atoms in total. The quantitative estimate of drug-likeness (QED) is 0.892. The first-order valence-corrected chi connectivity index (χ1v) is 7.19. The van der Waals surface area contributed by atoms with E-state index in [9.17, 15) is 0 Å². The van der Waals surface area contributed by atoms with Gasteiger partial charge in [0.25, 0.3) is 5.89 Å². The number of aromatic nitrogens is 2. The number of hydrogen-bond acceptors (Lipinski definition) is 7. The van der Waals surface area contributed by atoms with Crippen LogP contribution in [0.4, 0.5) is 0 Å². The third-order valence-electron chi connectivity index (χ3n) is 3.52. The lowest BCUT2D eigenvalue weighted by atomic mass is 10.1. The molecule has 2 aromatic rings. The van der Waals surface area contributed by atoms with Crippen molar-refractivity contribution in [1.29, 1.82) is 0 Å². The molecule has 0 saturated carbocycles. The zero-order chi connectivity index (χ0) is 15.5. The number of fused-ring (bicyclic) bond motifs is 1. The van der Waals surface area contributed by atoms with E-state index in [4.69, 9.17) is 18.7 Å². The SMILES string of the molecule is CNC(C)Cc1noc(-c2cc(OC)c3c(c2)OCCO3)n1.Cl. The maximum Gasteiger partial charge on any atom is 0.258 e. The van der Waals surface area contributed by atoms with Crippen LogP contribution in [-0.2, 0) is 6.42 Å². The van der Waals surface area contributed by atoms with E-state index in [1.54, 1.807) is 7.11 Å². The van der Waals surface area contributed by atoms with Crippen LogP contribution in [0.5, 0.6) is 17.2 Å². The molecule has 0 spiro atoms. The molecule has 1 aliphatic heterocycles. The Labute approximate surface area is 140 Å². The van der Waals surface area contributed by atoms with Crippen LogP contribution in [0.2, 0.25) is 0 Å². The number of nitrogens with zero attached hydrogens (tertiary/aromatic N) is 2. The predicted molar refractivity (Wildman–Crippen MR) is 86.7 cm³/mol. The van der Waals surface area contributed by atoms with Gasteiger partial charge < -0.3 is 24.1 Å². The molecule has 1 unspecified atom stereocenters. The van der Waals surface area contributed by atoms with Gasteiger partial charge in [-0.25, -0.2) is 0 Å². The van der Waals surface area contributed by atoms with Crippen molar-refractivity contribution in [3.8, 4) is 28.7 Å². The van der Waals surface area contributed by atoms with Gasteiger partial charge in [-0.2, -0.15) is 4.98 Å². The van der Waals surface area contributed by atoms with Crippen molar-refractivity contribution in [2.75, 3.05) is 27.4 Å². The minimum atomic E-state index is 0. The van der Waals surface area contributed by atoms with Crippen molar-refractivity contribution in [2.24, 2.45) is 0 Å². The van der Waals surface area contributed by atoms with Crippen LogP contribution in [-0.4, -0.2) is 43.6 Å². The van der Waals surface area contributed by atoms with E-state index in [2.05, 4.69) is 22.4 Å². The normalized spacial score (nSPS) is 14.0. The first-order chi connectivity index (χ1) is 10.7. The minimum Gasteiger partial charge on any atom is -0.493 e. The molecule has 1 N–H and O–H groups in total. The first-order valence-electron chi connectivity index (χ1n) is 7.19. The van der Waals surface area contributed by atoms with Gasteiger partial charge in [0.2, 0.25) is 5.75 Å². The lowest BCUT2D eigenvalue weighted by molar-refractivity contribution is 0.165. The molecule has 0 aliphatic carbocycles. The molecule has 1 atom stereocenters. The summed E-state index contributed by atoms with van der Waals surface area (Å²) >= 11 is 0. The number of halogens is 1. The summed E-state index contributed by atoms with van der Waals surface area (Å²) in [6.45, 7) is 3.08. The number of rotatable bonds is 5. The number of methoxy groups -OCH3 is 1. The third-order valence-corrected chi connectivity index (χ3v) is 3.52. The molecule has 0 amide bonds. The van der Waals surface area contributed by atoms with Gasteiger partial charge >= 0.3 is 0 Å². The summed E-state index contributed by atoms with van der Waals surface area (Å²) in [6.07, 6.45) is 0.696. The second kappa shape index (κ2) is 7.52. The van der Waals surface area contributed by atoms with Gasteiger partial charge in [-0.05, 0) is 26.1 Å². The van der Waals surface area contributed by atoms with Crippen LogP contribution in [0.3, 0.4) is 0 Å². The second-order valence-electron chi connectivity index (χ2n) is 5.11. The first kappa shape index (κ1) is 17.4. The van der Waals surface area contributed by atoms with Crippen molar-refractivity contribution in [2.45, 2.75) is 19.4 Å². The van der Waals surface area contributed by atoms with E-state index in [0.717, 1.165) is 5.56 Å². The highest BCUT2D eigenvalue weighted by molar-refractivity contribution is 5.85. The zero-order valence-corrected chi connectivity index (χ0v) is 14.1. The van der Waals surface area contributed by atoms with E-state index in [-0.39, 0.29) is 18.4 Å². The number of hydrogen-bond donors (Lipinski definition) is 1. The summed E-state index contributed by atoms with van der Waals surface area (Å²) in [6, 6.07) is 3.92. The average Bonchev–Trinajstić information content (AvgIpc) is 3.02. The summed E-state index contributed by atoms with van der Waals surface area (Å²) in [4.78, 5) is 4.42. The van der Waals surface area contributed by atoms with Gasteiger partial charge in [0.15, 0.2) is 17.3 Å². The summed E-state index contributed by atoms with van der Waals surface area (Å²) in [5.74, 6) is 2.93. The Morgan fingerprint density at radius 1 is 1.30 bits per heavy atom. The van der Waals surface area contributed by atoms with Crippen molar-refractivity contribution in [3.05, 3.63) is 18.0 Å². The zero-order valence-electron chi connectivity index (χ0n) is 13.3. The Hall–Kier alpha value is -1.99. The summed E-state index contributed by atoms with van der Waals surface area (Å²) in [5, 5.41) is 7.15. The van der Waals surface area contributed by atoms with Crippen molar-refractivity contribution >= 4 is 12.4 Å². The number of ether oxygens (including phenoxy) is 3. The smallest absolute Gasteiger partial charge is 0.258 e. The van der Waals surface area contributed by atoms with E-state index < -0.39 is 0 Å². The summed E-state index contributed by atoms with van der Waals surface area (Å²) in [7, 11) is 3.49. The van der Waals surface area contributed by atoms with Gasteiger partial charge in [0.1, 0.15) is 13.2 Å². The Balaban J connectivity index is 0.00000192. The fourth-order valence-electron chi connectivity index (χ4n) is 2.23. The van der Waals surface area contributed by atoms with Crippen LogP contribution in [0.1, 0.15) is 12.7 Å². The number of nitrogens with one attached hydrogen (secondary N) is 1. The van der Waals surface area contributed by atoms with E-state index in [1.165, 1.54) is 0 Å². The Bertz CT molecular complexity index is 645. The Morgan fingerprint density at radius 2 is 2.09 bits per heavy atom. The Morgan fingerprint density at radius 3 is 2.83 bits per heavy atom. The van der Waals surface area contributed by atoms with Gasteiger partial charge in [0.05, 0.1) is 7.11 Å². The molecule has 126 valence electrons. The molecule has 1 aliphatic rings. The average molecular weight is 342 g/mol. The second-order valence-corrected chi connectivity index (χ2v) is 5.11. The fourth-order valence-corrected chi connectivity index (χ4v) is 2.23. The van der Waals surface area contributed by atoms with Crippen LogP contribution in [0.25, 0.3) is 11.5 Å². The van der Waals surface area contributed by atoms with Gasteiger partial charge in [0, 0.05) is 18.0 Å². The number of benzene rings is 1. The third kappa shape index (κ3) is 3.68. The molecular formula is C15H20ClN3O4. The highest BCUT2D eigenvalue weighted by Crippen LogP contribution is 2.42. The van der Waals surface area contributed by atoms with E-state index in [0.29, 0.717) is 48.6 Å². The molecule has 1 aromatic carbocycles. The standard InChI is InChI=1S/C15H19N3O4.ClH/c1-9(16-2)6-13-17-15(22-18-13)10-7-11(19-3)14-12(8-10)20-4-5-21-14;/h7-9,16H,4-6H2,1-3H3;1H. The molecule has 0 bridgehead atoms. The maximum atomic E-state index is 5.61. The van der Waals surface area contributed by atoms with E-state index in [1.807, 2.05) is 19.2 Å². The minimum absolute atomic E-state index is 0. The largest absolute Gasteiger partial charge is 0.493 e. The molecule has 3 rings (SSSR count). The van der Waals surface area contributed by atoms with Gasteiger partial charge in [-0.1, -0.05) is 5.16 Å². The fraction of sp³-hybridized carbons (Fsp3) is 0.467. The lowest BCUT2D eigenvalue weighted by Crippen LogP contribution is -2.24. The van der Waals surface area contributed by atoms with Crippen molar-refractivity contribution in [3.63, 3.8) is 0 Å². The van der Waals surface area contributed by atoms with Crippen LogP contribution in [0.15, 0.2) is 16.7 Å². The van der Waals surface area contributed by atoms with Crippen LogP contribution >= 0.6 is 12.4 Å². The highest BCUT2D eigenvalue weighted by Gasteiger charge is 2.21. The summed E-state index contributed by atoms with van der Waals surface area (Å²) < 4.78 is 21.9. The Kier molecular flexibility index (Phi) is 5.68. The highest BCUT2D eigenvalue weighted by atomic mass is 35.5. The molecule has 8 heteroatoms. The summed E-state index contributed by atoms with van der Waals surface area (Å²) in [5.41, 5.74) is 0.747. The number of likely N-dealkylation sites (N-methyl/N-ethyl adjacent to an activating group) is 1. The monoisotopic (exact) mass is 341 g/mol. The molecule has 23 heavy (non-hydrogen) atoms. The topological polar surface area (TPSA) is 78.6 Å². The molecule has 0 saturated heterocycles. The van der Waals surface area contributed by atoms with Crippen molar-refractivity contribution < 1.29 is 18.7 Å². The van der Waals surface area contributed by atoms with Gasteiger partial charge in [-0.15, -0.1) is 12.4 Å². The van der Waals surface area contributed by atoms with Gasteiger partial charge in [-0.3, -0.25) is 0 Å². The molecule has 0 fully saturated rings.